The molecule has 4 rings (SSSR count). The van der Waals surface area contributed by atoms with Crippen LogP contribution >= 0.6 is 0 Å². The van der Waals surface area contributed by atoms with E-state index < -0.39 is 0 Å². The number of rotatable bonds is 7. The molecule has 0 atom stereocenters. The number of carbonyl (C=O) groups excluding carboxylic acids is 2. The largest absolute Gasteiger partial charge is 0.350 e. The Labute approximate surface area is 202 Å². The molecule has 6 nitrogen and oxygen atoms in total. The lowest BCUT2D eigenvalue weighted by Gasteiger charge is -2.35. The number of fused-ring (bicyclic) bond motifs is 3. The van der Waals surface area contributed by atoms with E-state index in [1.165, 1.54) is 29.3 Å². The van der Waals surface area contributed by atoms with Gasteiger partial charge in [-0.3, -0.25) is 14.5 Å². The van der Waals surface area contributed by atoms with Crippen LogP contribution in [0, 0.1) is 0 Å². The molecule has 0 unspecified atom stereocenters. The zero-order valence-corrected chi connectivity index (χ0v) is 21.1. The van der Waals surface area contributed by atoms with Crippen LogP contribution < -0.4 is 5.32 Å². The molecule has 0 aliphatic carbocycles. The normalized spacial score (nSPS) is 15.2. The average molecular weight is 463 g/mol. The summed E-state index contributed by atoms with van der Waals surface area (Å²) in [6, 6.07) is 14.7. The molecule has 0 saturated carbocycles. The number of piperazine rings is 1. The van der Waals surface area contributed by atoms with Crippen molar-refractivity contribution in [3.05, 3.63) is 48.0 Å². The standard InChI is InChI=1S/C28H38N4O2/c1-5-6-9-14-32-24-11-8-7-10-22(24)23-19-21(12-13-25(23)32)27(34)31-17-15-30(16-18-31)20-26(33)29-28(2,3)4/h7-8,10-13,19H,5-6,9,14-18,20H2,1-4H3,(H,29,33). The van der Waals surface area contributed by atoms with E-state index in [9.17, 15) is 9.59 Å². The Kier molecular flexibility index (Phi) is 7.27. The van der Waals surface area contributed by atoms with Crippen molar-refractivity contribution in [2.75, 3.05) is 32.7 Å². The molecule has 1 aromatic heterocycles. The van der Waals surface area contributed by atoms with Crippen molar-refractivity contribution in [2.24, 2.45) is 0 Å². The molecule has 6 heteroatoms. The minimum atomic E-state index is -0.230. The van der Waals surface area contributed by atoms with Gasteiger partial charge in [-0.2, -0.15) is 0 Å². The van der Waals surface area contributed by atoms with E-state index in [0.717, 1.165) is 23.9 Å². The van der Waals surface area contributed by atoms with Gasteiger partial charge in [0.1, 0.15) is 0 Å². The van der Waals surface area contributed by atoms with E-state index in [0.29, 0.717) is 32.7 Å². The molecule has 1 N–H and O–H groups in total. The third kappa shape index (κ3) is 5.44. The Morgan fingerprint density at radius 2 is 1.62 bits per heavy atom. The SMILES string of the molecule is CCCCCn1c2ccccc2c2cc(C(=O)N3CCN(CC(=O)NC(C)(C)C)CC3)ccc21. The second-order valence-corrected chi connectivity index (χ2v) is 10.5. The number of para-hydroxylation sites is 1. The number of nitrogens with zero attached hydrogens (tertiary/aromatic N) is 3. The maximum absolute atomic E-state index is 13.3. The van der Waals surface area contributed by atoms with Gasteiger partial charge in [-0.05, 0) is 51.5 Å². The third-order valence-electron chi connectivity index (χ3n) is 6.55. The number of aromatic nitrogens is 1. The smallest absolute Gasteiger partial charge is 0.253 e. The Hall–Kier alpha value is -2.86. The van der Waals surface area contributed by atoms with Gasteiger partial charge in [-0.25, -0.2) is 0 Å². The maximum Gasteiger partial charge on any atom is 0.253 e. The first-order valence-electron chi connectivity index (χ1n) is 12.6. The first kappa shape index (κ1) is 24.3. The van der Waals surface area contributed by atoms with Crippen molar-refractivity contribution in [3.63, 3.8) is 0 Å². The minimum Gasteiger partial charge on any atom is -0.350 e. The number of aryl methyl sites for hydroxylation is 1. The Morgan fingerprint density at radius 3 is 2.32 bits per heavy atom. The summed E-state index contributed by atoms with van der Waals surface area (Å²) in [5.41, 5.74) is 2.94. The molecule has 2 heterocycles. The highest BCUT2D eigenvalue weighted by molar-refractivity contribution is 6.10. The fraction of sp³-hybridized carbons (Fsp3) is 0.500. The Balaban J connectivity index is 1.47. The highest BCUT2D eigenvalue weighted by Crippen LogP contribution is 2.30. The summed E-state index contributed by atoms with van der Waals surface area (Å²) in [6.07, 6.45) is 3.57. The van der Waals surface area contributed by atoms with Crippen LogP contribution in [0.3, 0.4) is 0 Å². The summed E-state index contributed by atoms with van der Waals surface area (Å²) in [7, 11) is 0. The van der Waals surface area contributed by atoms with Gasteiger partial charge in [0.25, 0.3) is 5.91 Å². The van der Waals surface area contributed by atoms with Gasteiger partial charge in [0.2, 0.25) is 5.91 Å². The summed E-state index contributed by atoms with van der Waals surface area (Å²) in [4.78, 5) is 29.6. The minimum absolute atomic E-state index is 0.0352. The molecule has 1 aliphatic heterocycles. The van der Waals surface area contributed by atoms with E-state index in [1.54, 1.807) is 0 Å². The second kappa shape index (κ2) is 10.2. The van der Waals surface area contributed by atoms with E-state index in [-0.39, 0.29) is 17.4 Å². The summed E-state index contributed by atoms with van der Waals surface area (Å²) >= 11 is 0. The van der Waals surface area contributed by atoms with Gasteiger partial charge in [0.05, 0.1) is 6.54 Å². The van der Waals surface area contributed by atoms with Crippen LogP contribution in [-0.2, 0) is 11.3 Å². The molecule has 182 valence electrons. The summed E-state index contributed by atoms with van der Waals surface area (Å²) < 4.78 is 2.40. The van der Waals surface area contributed by atoms with Crippen molar-refractivity contribution in [1.82, 2.24) is 19.7 Å². The van der Waals surface area contributed by atoms with Crippen LogP contribution in [0.25, 0.3) is 21.8 Å². The number of hydrogen-bond donors (Lipinski definition) is 1. The van der Waals surface area contributed by atoms with Gasteiger partial charge in [-0.1, -0.05) is 38.0 Å². The zero-order valence-electron chi connectivity index (χ0n) is 21.1. The van der Waals surface area contributed by atoms with Crippen LogP contribution in [0.1, 0.15) is 57.3 Å². The van der Waals surface area contributed by atoms with Gasteiger partial charge >= 0.3 is 0 Å². The first-order chi connectivity index (χ1) is 16.3. The molecule has 1 saturated heterocycles. The summed E-state index contributed by atoms with van der Waals surface area (Å²) in [5, 5.41) is 5.37. The lowest BCUT2D eigenvalue weighted by Crippen LogP contribution is -2.52. The topological polar surface area (TPSA) is 57.6 Å². The summed E-state index contributed by atoms with van der Waals surface area (Å²) in [6.45, 7) is 12.3. The van der Waals surface area contributed by atoms with Crippen LogP contribution in [0.4, 0.5) is 0 Å². The van der Waals surface area contributed by atoms with Crippen molar-refractivity contribution >= 4 is 33.6 Å². The number of carbonyl (C=O) groups is 2. The van der Waals surface area contributed by atoms with Gasteiger partial charge < -0.3 is 14.8 Å². The molecule has 2 aromatic carbocycles. The number of nitrogens with one attached hydrogen (secondary N) is 1. The molecule has 34 heavy (non-hydrogen) atoms. The maximum atomic E-state index is 13.3. The number of benzene rings is 2. The van der Waals surface area contributed by atoms with Gasteiger partial charge in [-0.15, -0.1) is 0 Å². The first-order valence-corrected chi connectivity index (χ1v) is 12.6. The lowest BCUT2D eigenvalue weighted by atomic mass is 10.1. The second-order valence-electron chi connectivity index (χ2n) is 10.5. The predicted molar refractivity (Wildman–Crippen MR) is 139 cm³/mol. The number of amides is 2. The number of unbranched alkanes of at least 4 members (excludes halogenated alkanes) is 2. The average Bonchev–Trinajstić information content (AvgIpc) is 3.11. The Morgan fingerprint density at radius 1 is 0.912 bits per heavy atom. The molecule has 2 amide bonds. The Bertz CT molecular complexity index is 1170. The molecule has 1 fully saturated rings. The van der Waals surface area contributed by atoms with E-state index in [2.05, 4.69) is 58.1 Å². The van der Waals surface area contributed by atoms with Crippen molar-refractivity contribution < 1.29 is 9.59 Å². The third-order valence-corrected chi connectivity index (χ3v) is 6.55. The number of hydrogen-bond acceptors (Lipinski definition) is 3. The lowest BCUT2D eigenvalue weighted by molar-refractivity contribution is -0.124. The molecule has 3 aromatic rings. The van der Waals surface area contributed by atoms with Gasteiger partial charge in [0, 0.05) is 65.6 Å². The van der Waals surface area contributed by atoms with E-state index in [1.807, 2.05) is 31.7 Å². The predicted octanol–water partition coefficient (Wildman–Crippen LogP) is 4.66. The highest BCUT2D eigenvalue weighted by Gasteiger charge is 2.25. The van der Waals surface area contributed by atoms with Crippen molar-refractivity contribution in [2.45, 2.75) is 59.0 Å². The van der Waals surface area contributed by atoms with Crippen LogP contribution in [0.15, 0.2) is 42.5 Å². The van der Waals surface area contributed by atoms with Crippen LogP contribution in [-0.4, -0.2) is 64.4 Å². The van der Waals surface area contributed by atoms with Crippen molar-refractivity contribution in [1.29, 1.82) is 0 Å². The quantitative estimate of drug-likeness (QED) is 0.520. The van der Waals surface area contributed by atoms with E-state index >= 15 is 0 Å². The highest BCUT2D eigenvalue weighted by atomic mass is 16.2. The van der Waals surface area contributed by atoms with E-state index in [4.69, 9.17) is 0 Å². The molecule has 0 radical (unpaired) electrons. The molecule has 0 bridgehead atoms. The van der Waals surface area contributed by atoms with Crippen LogP contribution in [0.5, 0.6) is 0 Å². The fourth-order valence-electron chi connectivity index (χ4n) is 4.90. The molecule has 1 aliphatic rings. The van der Waals surface area contributed by atoms with Crippen molar-refractivity contribution in [3.8, 4) is 0 Å². The fourth-order valence-corrected chi connectivity index (χ4v) is 4.90. The van der Waals surface area contributed by atoms with Gasteiger partial charge in [0.15, 0.2) is 0 Å². The molecule has 0 spiro atoms. The monoisotopic (exact) mass is 462 g/mol. The van der Waals surface area contributed by atoms with Crippen LogP contribution in [0.2, 0.25) is 0 Å². The molecular weight excluding hydrogens is 424 g/mol. The zero-order chi connectivity index (χ0) is 24.3. The summed E-state index contributed by atoms with van der Waals surface area (Å²) in [5.74, 6) is 0.108. The molecular formula is C28H38N4O2.